The Morgan fingerprint density at radius 1 is 1.09 bits per heavy atom. The minimum atomic E-state index is -0.428. The number of hydrazine groups is 1. The number of nitrogens with one attached hydrogen (secondary N) is 1. The van der Waals surface area contributed by atoms with Crippen molar-refractivity contribution in [2.45, 2.75) is 0 Å². The van der Waals surface area contributed by atoms with Crippen molar-refractivity contribution in [3.8, 4) is 0 Å². The summed E-state index contributed by atoms with van der Waals surface area (Å²) in [7, 11) is 0. The van der Waals surface area contributed by atoms with E-state index in [1.54, 1.807) is 18.3 Å². The number of para-hydroxylation sites is 1. The summed E-state index contributed by atoms with van der Waals surface area (Å²) in [6.45, 7) is 0. The van der Waals surface area contributed by atoms with Crippen LogP contribution in [0.2, 0.25) is 0 Å². The number of anilines is 1. The lowest BCUT2D eigenvalue weighted by atomic mass is 10.0. The molecule has 0 aromatic heterocycles. The zero-order valence-electron chi connectivity index (χ0n) is 11.5. The van der Waals surface area contributed by atoms with Crippen LogP contribution in [0.3, 0.4) is 0 Å². The second-order valence-electron chi connectivity index (χ2n) is 4.77. The summed E-state index contributed by atoms with van der Waals surface area (Å²) in [6.07, 6.45) is 5.25. The highest BCUT2D eigenvalue weighted by Crippen LogP contribution is 2.29. The number of nitro groups is 1. The summed E-state index contributed by atoms with van der Waals surface area (Å²) in [5.41, 5.74) is 6.31. The van der Waals surface area contributed by atoms with E-state index in [0.717, 1.165) is 27.6 Å². The van der Waals surface area contributed by atoms with Gasteiger partial charge < -0.3 is 0 Å². The number of hydroxylamine groups is 1. The summed E-state index contributed by atoms with van der Waals surface area (Å²) in [5, 5.41) is 21.2. The molecule has 1 aliphatic rings. The molecular formula is C16H13N3O3. The van der Waals surface area contributed by atoms with Gasteiger partial charge in [0.25, 0.3) is 5.69 Å². The third-order valence-corrected chi connectivity index (χ3v) is 3.29. The molecule has 0 atom stereocenters. The van der Waals surface area contributed by atoms with E-state index in [9.17, 15) is 15.3 Å². The van der Waals surface area contributed by atoms with Gasteiger partial charge in [0.2, 0.25) is 0 Å². The van der Waals surface area contributed by atoms with E-state index in [0.29, 0.717) is 0 Å². The van der Waals surface area contributed by atoms with Crippen molar-refractivity contribution in [1.82, 2.24) is 5.17 Å². The summed E-state index contributed by atoms with van der Waals surface area (Å²) in [5.74, 6) is 0. The molecule has 0 unspecified atom stereocenters. The average Bonchev–Trinajstić information content (AvgIpc) is 2.52. The minimum absolute atomic E-state index is 0.0603. The molecule has 0 amide bonds. The molecule has 0 radical (unpaired) electrons. The van der Waals surface area contributed by atoms with Gasteiger partial charge in [-0.2, -0.15) is 5.17 Å². The van der Waals surface area contributed by atoms with Crippen LogP contribution in [0.1, 0.15) is 11.1 Å². The quantitative estimate of drug-likeness (QED) is 0.667. The predicted molar refractivity (Wildman–Crippen MR) is 83.8 cm³/mol. The van der Waals surface area contributed by atoms with Crippen molar-refractivity contribution in [3.63, 3.8) is 0 Å². The Bertz CT molecular complexity index is 766. The fourth-order valence-corrected chi connectivity index (χ4v) is 2.22. The van der Waals surface area contributed by atoms with E-state index < -0.39 is 4.92 Å². The van der Waals surface area contributed by atoms with Crippen molar-refractivity contribution >= 4 is 23.0 Å². The van der Waals surface area contributed by atoms with E-state index in [-0.39, 0.29) is 5.69 Å². The average molecular weight is 295 g/mol. The molecule has 0 aliphatic carbocycles. The number of fused-ring (bicyclic) bond motifs is 1. The van der Waals surface area contributed by atoms with Crippen LogP contribution in [0.25, 0.3) is 11.6 Å². The lowest BCUT2D eigenvalue weighted by Gasteiger charge is -2.24. The van der Waals surface area contributed by atoms with Crippen molar-refractivity contribution in [2.75, 3.05) is 5.43 Å². The van der Waals surface area contributed by atoms with Crippen LogP contribution in [0, 0.1) is 10.1 Å². The molecule has 0 fully saturated rings. The van der Waals surface area contributed by atoms with Crippen LogP contribution < -0.4 is 5.43 Å². The van der Waals surface area contributed by atoms with Crippen LogP contribution in [0.15, 0.2) is 60.8 Å². The molecule has 1 aliphatic heterocycles. The van der Waals surface area contributed by atoms with E-state index in [4.69, 9.17) is 0 Å². The summed E-state index contributed by atoms with van der Waals surface area (Å²) in [6, 6.07) is 13.9. The zero-order valence-corrected chi connectivity index (χ0v) is 11.5. The molecule has 1 heterocycles. The Hall–Kier alpha value is -3.12. The maximum Gasteiger partial charge on any atom is 0.269 e. The topological polar surface area (TPSA) is 78.6 Å². The minimum Gasteiger partial charge on any atom is -0.274 e. The number of hydrogen-bond donors (Lipinski definition) is 2. The molecule has 2 N–H and O–H groups in total. The number of rotatable bonds is 3. The summed E-state index contributed by atoms with van der Waals surface area (Å²) >= 11 is 0. The fraction of sp³-hybridized carbons (Fsp3) is 0. The highest BCUT2D eigenvalue weighted by molar-refractivity contribution is 5.86. The maximum atomic E-state index is 10.6. The second kappa shape index (κ2) is 5.71. The van der Waals surface area contributed by atoms with Gasteiger partial charge in [0.1, 0.15) is 0 Å². The number of allylic oxidation sites excluding steroid dienone is 2. The second-order valence-corrected chi connectivity index (χ2v) is 4.77. The normalized spacial score (nSPS) is 13.5. The molecule has 0 saturated heterocycles. The van der Waals surface area contributed by atoms with Gasteiger partial charge in [0.15, 0.2) is 0 Å². The highest BCUT2D eigenvalue weighted by atomic mass is 16.6. The standard InChI is InChI=1S/C16H13N3O3/c20-18-11-13(15-3-1-2-4-16(15)17-18)8-5-12-6-9-14(10-7-12)19(21)22/h1-11,17,20H/b8-5+. The number of non-ortho nitro benzene ring substituents is 1. The molecule has 6 heteroatoms. The number of nitro benzene ring substituents is 1. The Morgan fingerprint density at radius 3 is 2.55 bits per heavy atom. The van der Waals surface area contributed by atoms with Crippen molar-refractivity contribution in [3.05, 3.63) is 82.0 Å². The summed E-state index contributed by atoms with van der Waals surface area (Å²) < 4.78 is 0. The first kappa shape index (κ1) is 13.8. The Morgan fingerprint density at radius 2 is 1.82 bits per heavy atom. The van der Waals surface area contributed by atoms with E-state index in [1.807, 2.05) is 36.4 Å². The van der Waals surface area contributed by atoms with Gasteiger partial charge in [-0.1, -0.05) is 30.4 Å². The van der Waals surface area contributed by atoms with Crippen LogP contribution in [-0.4, -0.2) is 15.3 Å². The van der Waals surface area contributed by atoms with Gasteiger partial charge in [-0.15, -0.1) is 0 Å². The molecule has 22 heavy (non-hydrogen) atoms. The highest BCUT2D eigenvalue weighted by Gasteiger charge is 2.13. The van der Waals surface area contributed by atoms with Crippen LogP contribution >= 0.6 is 0 Å². The first-order valence-electron chi connectivity index (χ1n) is 6.62. The fourth-order valence-electron chi connectivity index (χ4n) is 2.22. The van der Waals surface area contributed by atoms with E-state index >= 15 is 0 Å². The first-order valence-corrected chi connectivity index (χ1v) is 6.62. The molecule has 0 saturated carbocycles. The van der Waals surface area contributed by atoms with Gasteiger partial charge in [-0.3, -0.25) is 20.7 Å². The SMILES string of the molecule is O=[N+]([O-])c1ccc(/C=C/C2=CN(O)Nc3ccccc32)cc1. The predicted octanol–water partition coefficient (Wildman–Crippen LogP) is 3.68. The molecule has 0 spiro atoms. The molecule has 110 valence electrons. The summed E-state index contributed by atoms with van der Waals surface area (Å²) in [4.78, 5) is 10.2. The van der Waals surface area contributed by atoms with Gasteiger partial charge in [0.05, 0.1) is 16.8 Å². The van der Waals surface area contributed by atoms with Gasteiger partial charge in [-0.05, 0) is 23.8 Å². The lowest BCUT2D eigenvalue weighted by molar-refractivity contribution is -0.384. The smallest absolute Gasteiger partial charge is 0.269 e. The van der Waals surface area contributed by atoms with E-state index in [1.165, 1.54) is 12.1 Å². The Balaban J connectivity index is 1.87. The number of hydrogen-bond acceptors (Lipinski definition) is 5. The Labute approximate surface area is 126 Å². The van der Waals surface area contributed by atoms with Crippen LogP contribution in [0.5, 0.6) is 0 Å². The maximum absolute atomic E-state index is 10.6. The first-order chi connectivity index (χ1) is 10.6. The molecule has 3 rings (SSSR count). The van der Waals surface area contributed by atoms with Gasteiger partial charge >= 0.3 is 0 Å². The molecule has 0 bridgehead atoms. The molecule has 2 aromatic rings. The number of benzene rings is 2. The van der Waals surface area contributed by atoms with Crippen molar-refractivity contribution < 1.29 is 10.1 Å². The van der Waals surface area contributed by atoms with Crippen molar-refractivity contribution in [2.24, 2.45) is 0 Å². The lowest BCUT2D eigenvalue weighted by Crippen LogP contribution is -2.24. The molecular weight excluding hydrogens is 282 g/mol. The van der Waals surface area contributed by atoms with Crippen LogP contribution in [-0.2, 0) is 0 Å². The Kier molecular flexibility index (Phi) is 3.59. The third kappa shape index (κ3) is 2.82. The molecule has 2 aromatic carbocycles. The zero-order chi connectivity index (χ0) is 15.5. The van der Waals surface area contributed by atoms with Crippen LogP contribution in [0.4, 0.5) is 11.4 Å². The largest absolute Gasteiger partial charge is 0.274 e. The van der Waals surface area contributed by atoms with Gasteiger partial charge in [0, 0.05) is 23.3 Å². The monoisotopic (exact) mass is 295 g/mol. The number of nitrogens with zero attached hydrogens (tertiary/aromatic N) is 2. The molecule has 6 nitrogen and oxygen atoms in total. The third-order valence-electron chi connectivity index (χ3n) is 3.29. The van der Waals surface area contributed by atoms with E-state index in [2.05, 4.69) is 5.43 Å². The van der Waals surface area contributed by atoms with Crippen molar-refractivity contribution in [1.29, 1.82) is 0 Å². The van der Waals surface area contributed by atoms with Gasteiger partial charge in [-0.25, -0.2) is 0 Å².